The normalized spacial score (nSPS) is 16.0. The van der Waals surface area contributed by atoms with Gasteiger partial charge in [-0.05, 0) is 26.3 Å². The lowest BCUT2D eigenvalue weighted by atomic mass is 10.2. The molecule has 12 heavy (non-hydrogen) atoms. The number of nitrogens with two attached hydrogens (primary N) is 1. The number of hydrogen-bond donors (Lipinski definition) is 1. The fourth-order valence-electron chi connectivity index (χ4n) is 0.729. The van der Waals surface area contributed by atoms with E-state index < -0.39 is 0 Å². The van der Waals surface area contributed by atoms with Crippen LogP contribution in [0.5, 0.6) is 0 Å². The van der Waals surface area contributed by atoms with Gasteiger partial charge < -0.3 is 15.2 Å². The molecule has 0 saturated heterocycles. The first kappa shape index (κ1) is 11.9. The Morgan fingerprint density at radius 1 is 1.25 bits per heavy atom. The second-order valence-corrected chi connectivity index (χ2v) is 3.14. The van der Waals surface area contributed by atoms with E-state index in [1.807, 2.05) is 13.8 Å². The molecule has 2 N–H and O–H groups in total. The molecule has 0 saturated carbocycles. The van der Waals surface area contributed by atoms with Crippen LogP contribution in [-0.4, -0.2) is 32.5 Å². The van der Waals surface area contributed by atoms with Crippen LogP contribution in [0.15, 0.2) is 0 Å². The highest BCUT2D eigenvalue weighted by Gasteiger charge is 2.04. The van der Waals surface area contributed by atoms with E-state index in [-0.39, 0.29) is 6.10 Å². The predicted octanol–water partition coefficient (Wildman–Crippen LogP) is 1.02. The van der Waals surface area contributed by atoms with Crippen LogP contribution in [0.25, 0.3) is 0 Å². The van der Waals surface area contributed by atoms with Crippen LogP contribution in [0.4, 0.5) is 0 Å². The minimum atomic E-state index is 0.180. The number of ether oxygens (including phenoxy) is 2. The third-order valence-electron chi connectivity index (χ3n) is 1.62. The second-order valence-electron chi connectivity index (χ2n) is 3.14. The Labute approximate surface area is 75.2 Å². The molecule has 0 spiro atoms. The average Bonchev–Trinajstić information content (AvgIpc) is 2.10. The van der Waals surface area contributed by atoms with Crippen molar-refractivity contribution in [2.45, 2.75) is 26.9 Å². The molecule has 0 aliphatic heterocycles. The van der Waals surface area contributed by atoms with Gasteiger partial charge in [-0.15, -0.1) is 0 Å². The van der Waals surface area contributed by atoms with E-state index in [2.05, 4.69) is 6.92 Å². The Hall–Kier alpha value is -0.120. The summed E-state index contributed by atoms with van der Waals surface area (Å²) in [5, 5.41) is 0. The molecule has 3 nitrogen and oxygen atoms in total. The Kier molecular flexibility index (Phi) is 7.45. The zero-order valence-electron chi connectivity index (χ0n) is 8.38. The lowest BCUT2D eigenvalue weighted by molar-refractivity contribution is -0.0140. The predicted molar refractivity (Wildman–Crippen MR) is 50.1 cm³/mol. The van der Waals surface area contributed by atoms with E-state index in [1.54, 1.807) is 0 Å². The molecule has 0 aromatic carbocycles. The van der Waals surface area contributed by atoms with E-state index in [4.69, 9.17) is 15.2 Å². The third-order valence-corrected chi connectivity index (χ3v) is 1.62. The smallest absolute Gasteiger partial charge is 0.0780 e. The maximum Gasteiger partial charge on any atom is 0.0780 e. The maximum absolute atomic E-state index is 5.49. The number of rotatable bonds is 7. The minimum Gasteiger partial charge on any atom is -0.379 e. The first-order chi connectivity index (χ1) is 5.70. The quantitative estimate of drug-likeness (QED) is 0.628. The summed E-state index contributed by atoms with van der Waals surface area (Å²) in [6, 6.07) is 0. The Morgan fingerprint density at radius 3 is 2.42 bits per heavy atom. The number of hydrogen-bond acceptors (Lipinski definition) is 3. The van der Waals surface area contributed by atoms with Gasteiger partial charge in [-0.3, -0.25) is 0 Å². The molecule has 2 atom stereocenters. The van der Waals surface area contributed by atoms with Gasteiger partial charge in [0.05, 0.1) is 19.3 Å². The van der Waals surface area contributed by atoms with E-state index >= 15 is 0 Å². The van der Waals surface area contributed by atoms with E-state index in [9.17, 15) is 0 Å². The molecule has 3 heteroatoms. The summed E-state index contributed by atoms with van der Waals surface area (Å²) in [5.74, 6) is 0.439. The molecule has 2 unspecified atom stereocenters. The zero-order valence-corrected chi connectivity index (χ0v) is 8.38. The van der Waals surface area contributed by atoms with E-state index in [1.165, 1.54) is 0 Å². The molecule has 0 fully saturated rings. The SMILES string of the molecule is CCOCC(C)OCC(C)CN. The van der Waals surface area contributed by atoms with Crippen molar-refractivity contribution < 1.29 is 9.47 Å². The van der Waals surface area contributed by atoms with Gasteiger partial charge >= 0.3 is 0 Å². The third kappa shape index (κ3) is 6.58. The Bertz CT molecular complexity index is 98.5. The van der Waals surface area contributed by atoms with Crippen LogP contribution < -0.4 is 5.73 Å². The molecule has 0 rings (SSSR count). The topological polar surface area (TPSA) is 44.5 Å². The van der Waals surface area contributed by atoms with Gasteiger partial charge in [-0.2, -0.15) is 0 Å². The molecule has 0 amide bonds. The maximum atomic E-state index is 5.49. The molecule has 0 aliphatic rings. The van der Waals surface area contributed by atoms with Gasteiger partial charge in [0.2, 0.25) is 0 Å². The van der Waals surface area contributed by atoms with Gasteiger partial charge in [-0.1, -0.05) is 6.92 Å². The minimum absolute atomic E-state index is 0.180. The monoisotopic (exact) mass is 175 g/mol. The molecule has 0 aliphatic carbocycles. The van der Waals surface area contributed by atoms with Gasteiger partial charge in [0.25, 0.3) is 0 Å². The van der Waals surface area contributed by atoms with Crippen LogP contribution >= 0.6 is 0 Å². The average molecular weight is 175 g/mol. The van der Waals surface area contributed by atoms with Crippen LogP contribution in [0.1, 0.15) is 20.8 Å². The summed E-state index contributed by atoms with van der Waals surface area (Å²) in [5.41, 5.74) is 5.45. The zero-order chi connectivity index (χ0) is 9.40. The molecule has 0 radical (unpaired) electrons. The van der Waals surface area contributed by atoms with Crippen LogP contribution in [0, 0.1) is 5.92 Å². The van der Waals surface area contributed by atoms with Crippen molar-refractivity contribution >= 4 is 0 Å². The summed E-state index contributed by atoms with van der Waals surface area (Å²) < 4.78 is 10.7. The Morgan fingerprint density at radius 2 is 1.92 bits per heavy atom. The summed E-state index contributed by atoms with van der Waals surface area (Å²) in [7, 11) is 0. The largest absolute Gasteiger partial charge is 0.379 e. The van der Waals surface area contributed by atoms with Crippen LogP contribution in [0.2, 0.25) is 0 Å². The molecule has 0 aromatic rings. The fourth-order valence-corrected chi connectivity index (χ4v) is 0.729. The first-order valence-electron chi connectivity index (χ1n) is 4.60. The molecule has 0 aromatic heterocycles. The summed E-state index contributed by atoms with van der Waals surface area (Å²) in [4.78, 5) is 0. The standard InChI is InChI=1S/C9H21NO2/c1-4-11-7-9(3)12-6-8(2)5-10/h8-9H,4-7,10H2,1-3H3. The molecule has 0 bridgehead atoms. The molecule has 0 heterocycles. The highest BCUT2D eigenvalue weighted by atomic mass is 16.5. The summed E-state index contributed by atoms with van der Waals surface area (Å²) >= 11 is 0. The first-order valence-corrected chi connectivity index (χ1v) is 4.60. The lowest BCUT2D eigenvalue weighted by Gasteiger charge is -2.15. The second kappa shape index (κ2) is 7.53. The van der Waals surface area contributed by atoms with Crippen molar-refractivity contribution in [3.8, 4) is 0 Å². The molecular weight excluding hydrogens is 154 g/mol. The van der Waals surface area contributed by atoms with Crippen molar-refractivity contribution in [1.82, 2.24) is 0 Å². The summed E-state index contributed by atoms with van der Waals surface area (Å²) in [6.45, 7) is 8.90. The molecular formula is C9H21NO2. The van der Waals surface area contributed by atoms with Gasteiger partial charge in [0.15, 0.2) is 0 Å². The highest BCUT2D eigenvalue weighted by Crippen LogP contribution is 1.97. The van der Waals surface area contributed by atoms with Gasteiger partial charge in [0.1, 0.15) is 0 Å². The van der Waals surface area contributed by atoms with Gasteiger partial charge in [0, 0.05) is 6.61 Å². The molecule has 74 valence electrons. The van der Waals surface area contributed by atoms with E-state index in [0.717, 1.165) is 13.2 Å². The van der Waals surface area contributed by atoms with Crippen LogP contribution in [-0.2, 0) is 9.47 Å². The van der Waals surface area contributed by atoms with E-state index in [0.29, 0.717) is 19.1 Å². The summed E-state index contributed by atoms with van der Waals surface area (Å²) in [6.07, 6.45) is 0.180. The lowest BCUT2D eigenvalue weighted by Crippen LogP contribution is -2.23. The van der Waals surface area contributed by atoms with Crippen LogP contribution in [0.3, 0.4) is 0 Å². The van der Waals surface area contributed by atoms with Crippen molar-refractivity contribution in [2.24, 2.45) is 11.7 Å². The van der Waals surface area contributed by atoms with Crippen molar-refractivity contribution in [3.05, 3.63) is 0 Å². The highest BCUT2D eigenvalue weighted by molar-refractivity contribution is 4.53. The van der Waals surface area contributed by atoms with Crippen molar-refractivity contribution in [1.29, 1.82) is 0 Å². The van der Waals surface area contributed by atoms with Gasteiger partial charge in [-0.25, -0.2) is 0 Å². The van der Waals surface area contributed by atoms with Crippen molar-refractivity contribution in [2.75, 3.05) is 26.4 Å². The fraction of sp³-hybridized carbons (Fsp3) is 1.00. The Balaban J connectivity index is 3.24. The van der Waals surface area contributed by atoms with Crippen molar-refractivity contribution in [3.63, 3.8) is 0 Å².